The molecule has 0 fully saturated rings. The lowest BCUT2D eigenvalue weighted by molar-refractivity contribution is 0.846. The molecule has 2 heterocycles. The Bertz CT molecular complexity index is 821. The second-order valence-corrected chi connectivity index (χ2v) is 7.13. The molecule has 0 radical (unpaired) electrons. The van der Waals surface area contributed by atoms with Gasteiger partial charge in [-0.1, -0.05) is 47.7 Å². The fourth-order valence-corrected chi connectivity index (χ4v) is 3.45. The monoisotopic (exact) mass is 358 g/mol. The van der Waals surface area contributed by atoms with Gasteiger partial charge in [0.1, 0.15) is 0 Å². The van der Waals surface area contributed by atoms with Crippen LogP contribution in [0.25, 0.3) is 0 Å². The number of rotatable bonds is 6. The van der Waals surface area contributed by atoms with Crippen LogP contribution >= 0.6 is 23.1 Å². The zero-order valence-corrected chi connectivity index (χ0v) is 15.1. The lowest BCUT2D eigenvalue weighted by Crippen LogP contribution is -2.13. The van der Waals surface area contributed by atoms with E-state index >= 15 is 0 Å². The fraction of sp³-hybridized carbons (Fsp3) is 0.188. The summed E-state index contributed by atoms with van der Waals surface area (Å²) in [6.45, 7) is 4.01. The first-order valence-electron chi connectivity index (χ1n) is 7.36. The number of thioether (sulfide) groups is 1. The number of thiophene rings is 1. The predicted octanol–water partition coefficient (Wildman–Crippen LogP) is 3.49. The summed E-state index contributed by atoms with van der Waals surface area (Å²) in [7, 11) is 0. The van der Waals surface area contributed by atoms with Crippen molar-refractivity contribution < 1.29 is 0 Å². The van der Waals surface area contributed by atoms with Crippen molar-refractivity contribution in [2.75, 3.05) is 11.3 Å². The largest absolute Gasteiger partial charge is 0.334 e. The molecule has 0 aliphatic carbocycles. The summed E-state index contributed by atoms with van der Waals surface area (Å²) in [5.74, 6) is 7.24. The molecule has 24 heavy (non-hydrogen) atoms. The van der Waals surface area contributed by atoms with Gasteiger partial charge in [0.2, 0.25) is 5.16 Å². The Kier molecular flexibility index (Phi) is 5.17. The van der Waals surface area contributed by atoms with Crippen molar-refractivity contribution in [1.82, 2.24) is 14.9 Å². The Labute approximate surface area is 148 Å². The Balaban J connectivity index is 1.63. The Morgan fingerprint density at radius 2 is 2.08 bits per heavy atom. The van der Waals surface area contributed by atoms with E-state index in [1.165, 1.54) is 27.6 Å². The summed E-state index contributed by atoms with van der Waals surface area (Å²) >= 11 is 3.17. The summed E-state index contributed by atoms with van der Waals surface area (Å²) in [4.78, 5) is 1.10. The number of hydrazone groups is 1. The van der Waals surface area contributed by atoms with Crippen LogP contribution in [0, 0.1) is 6.92 Å². The number of benzene rings is 1. The lowest BCUT2D eigenvalue weighted by Gasteiger charge is -2.04. The summed E-state index contributed by atoms with van der Waals surface area (Å²) in [6.07, 6.45) is 0. The van der Waals surface area contributed by atoms with Gasteiger partial charge in [-0.15, -0.1) is 21.5 Å². The van der Waals surface area contributed by atoms with Crippen molar-refractivity contribution in [3.05, 3.63) is 57.8 Å². The molecule has 0 aliphatic heterocycles. The molecule has 0 spiro atoms. The molecule has 124 valence electrons. The molecule has 3 aromatic rings. The smallest absolute Gasteiger partial charge is 0.264 e. The van der Waals surface area contributed by atoms with E-state index in [1.807, 2.05) is 24.4 Å². The molecule has 0 saturated heterocycles. The number of aryl methyl sites for hydroxylation is 1. The van der Waals surface area contributed by atoms with Gasteiger partial charge in [-0.2, -0.15) is 5.10 Å². The van der Waals surface area contributed by atoms with Crippen molar-refractivity contribution in [3.8, 4) is 0 Å². The second-order valence-electron chi connectivity index (χ2n) is 5.24. The highest BCUT2D eigenvalue weighted by Gasteiger charge is 2.10. The SMILES string of the molecule is C/C(=N\Nc1nnc(SCc2ccc(C)cc2)n1N)c1cccs1. The van der Waals surface area contributed by atoms with E-state index in [2.05, 4.69) is 51.9 Å². The number of nitrogens with one attached hydrogen (secondary N) is 1. The third-order valence-electron chi connectivity index (χ3n) is 3.35. The van der Waals surface area contributed by atoms with Crippen molar-refractivity contribution in [2.24, 2.45) is 5.10 Å². The van der Waals surface area contributed by atoms with Gasteiger partial charge in [0, 0.05) is 10.6 Å². The third kappa shape index (κ3) is 3.95. The molecule has 0 atom stereocenters. The first kappa shape index (κ1) is 16.5. The number of nitrogens with zero attached hydrogens (tertiary/aromatic N) is 4. The van der Waals surface area contributed by atoms with Crippen LogP contribution < -0.4 is 11.3 Å². The van der Waals surface area contributed by atoms with Crippen molar-refractivity contribution >= 4 is 34.8 Å². The van der Waals surface area contributed by atoms with E-state index in [0.717, 1.165) is 16.3 Å². The average Bonchev–Trinajstić information content (AvgIpc) is 3.23. The van der Waals surface area contributed by atoms with Crippen LogP contribution in [0.5, 0.6) is 0 Å². The summed E-state index contributed by atoms with van der Waals surface area (Å²) in [5, 5.41) is 15.1. The van der Waals surface area contributed by atoms with Gasteiger partial charge in [-0.25, -0.2) is 10.1 Å². The number of hydrogen-bond acceptors (Lipinski definition) is 7. The molecular weight excluding hydrogens is 340 g/mol. The summed E-state index contributed by atoms with van der Waals surface area (Å²) in [5.41, 5.74) is 6.21. The maximum Gasteiger partial charge on any atom is 0.264 e. The van der Waals surface area contributed by atoms with Gasteiger partial charge < -0.3 is 5.84 Å². The normalized spacial score (nSPS) is 11.7. The Hall–Kier alpha value is -2.32. The van der Waals surface area contributed by atoms with Crippen LogP contribution in [0.1, 0.15) is 22.9 Å². The Morgan fingerprint density at radius 3 is 2.79 bits per heavy atom. The third-order valence-corrected chi connectivity index (χ3v) is 5.35. The maximum atomic E-state index is 6.04. The molecule has 8 heteroatoms. The van der Waals surface area contributed by atoms with Crippen LogP contribution in [0.2, 0.25) is 0 Å². The quantitative estimate of drug-likeness (QED) is 0.305. The van der Waals surface area contributed by atoms with Gasteiger partial charge >= 0.3 is 0 Å². The highest BCUT2D eigenvalue weighted by Crippen LogP contribution is 2.22. The molecule has 0 bridgehead atoms. The van der Waals surface area contributed by atoms with Gasteiger partial charge in [0.05, 0.1) is 5.71 Å². The average molecular weight is 358 g/mol. The van der Waals surface area contributed by atoms with Crippen LogP contribution in [0.4, 0.5) is 5.95 Å². The minimum Gasteiger partial charge on any atom is -0.334 e. The molecule has 3 rings (SSSR count). The van der Waals surface area contributed by atoms with E-state index in [4.69, 9.17) is 5.84 Å². The van der Waals surface area contributed by atoms with Crippen molar-refractivity contribution in [1.29, 1.82) is 0 Å². The minimum atomic E-state index is 0.414. The molecule has 0 saturated carbocycles. The zero-order chi connectivity index (χ0) is 16.9. The van der Waals surface area contributed by atoms with E-state index in [0.29, 0.717) is 11.1 Å². The summed E-state index contributed by atoms with van der Waals surface area (Å²) < 4.78 is 1.42. The standard InChI is InChI=1S/C16H18N6S2/c1-11-5-7-13(8-6-11)10-24-16-21-20-15(22(16)17)19-18-12(2)14-4-3-9-23-14/h3-9H,10,17H2,1-2H3,(H,19,20)/b18-12+. The number of nitrogen functional groups attached to an aromatic ring is 1. The van der Waals surface area contributed by atoms with Crippen LogP contribution in [0.3, 0.4) is 0 Å². The van der Waals surface area contributed by atoms with Gasteiger partial charge in [-0.05, 0) is 30.9 Å². The van der Waals surface area contributed by atoms with Gasteiger partial charge in [0.25, 0.3) is 5.95 Å². The topological polar surface area (TPSA) is 81.1 Å². The molecule has 0 amide bonds. The lowest BCUT2D eigenvalue weighted by atomic mass is 10.2. The summed E-state index contributed by atoms with van der Waals surface area (Å²) in [6, 6.07) is 12.4. The van der Waals surface area contributed by atoms with E-state index in [-0.39, 0.29) is 0 Å². The zero-order valence-electron chi connectivity index (χ0n) is 13.4. The molecule has 0 aliphatic rings. The fourth-order valence-electron chi connectivity index (χ4n) is 1.96. The first-order valence-corrected chi connectivity index (χ1v) is 9.23. The molecule has 2 aromatic heterocycles. The predicted molar refractivity (Wildman–Crippen MR) is 101 cm³/mol. The van der Waals surface area contributed by atoms with E-state index < -0.39 is 0 Å². The molecule has 1 aromatic carbocycles. The molecular formula is C16H18N6S2. The highest BCUT2D eigenvalue weighted by molar-refractivity contribution is 7.98. The van der Waals surface area contributed by atoms with Gasteiger partial charge in [-0.3, -0.25) is 0 Å². The first-order chi connectivity index (χ1) is 11.6. The number of aromatic nitrogens is 3. The van der Waals surface area contributed by atoms with Crippen LogP contribution in [0.15, 0.2) is 52.0 Å². The van der Waals surface area contributed by atoms with Crippen molar-refractivity contribution in [3.63, 3.8) is 0 Å². The minimum absolute atomic E-state index is 0.414. The number of anilines is 1. The molecule has 6 nitrogen and oxygen atoms in total. The second kappa shape index (κ2) is 7.50. The van der Waals surface area contributed by atoms with E-state index in [9.17, 15) is 0 Å². The van der Waals surface area contributed by atoms with Gasteiger partial charge in [0.15, 0.2) is 0 Å². The number of hydrogen-bond donors (Lipinski definition) is 2. The van der Waals surface area contributed by atoms with Crippen molar-refractivity contribution in [2.45, 2.75) is 24.8 Å². The molecule has 3 N–H and O–H groups in total. The highest BCUT2D eigenvalue weighted by atomic mass is 32.2. The number of nitrogens with two attached hydrogens (primary N) is 1. The Morgan fingerprint density at radius 1 is 1.29 bits per heavy atom. The van der Waals surface area contributed by atoms with Crippen LogP contribution in [-0.4, -0.2) is 20.6 Å². The molecule has 0 unspecified atom stereocenters. The van der Waals surface area contributed by atoms with Crippen LogP contribution in [-0.2, 0) is 5.75 Å². The van der Waals surface area contributed by atoms with E-state index in [1.54, 1.807) is 11.3 Å². The maximum absolute atomic E-state index is 6.04.